The molecular weight excluding hydrogens is 382 g/mol. The van der Waals surface area contributed by atoms with Crippen LogP contribution in [-0.2, 0) is 23.6 Å². The van der Waals surface area contributed by atoms with Crippen molar-refractivity contribution in [1.82, 2.24) is 15.4 Å². The van der Waals surface area contributed by atoms with Crippen LogP contribution in [0, 0.1) is 0 Å². The molecule has 1 heterocycles. The third kappa shape index (κ3) is 4.77. The van der Waals surface area contributed by atoms with Gasteiger partial charge in [0.25, 0.3) is 11.8 Å². The summed E-state index contributed by atoms with van der Waals surface area (Å²) in [5.74, 6) is -0.474. The maximum Gasteiger partial charge on any atom is 0.286 e. The highest BCUT2D eigenvalue weighted by Crippen LogP contribution is 2.13. The number of nitrogens with zero attached hydrogens (tertiary/aromatic N) is 1. The molecule has 1 aromatic heterocycles. The number of aryl methyl sites for hydroxylation is 1. The first kappa shape index (κ1) is 17.4. The fraction of sp³-hybridized carbons (Fsp3) is 0.200. The lowest BCUT2D eigenvalue weighted by Crippen LogP contribution is -2.42. The van der Waals surface area contributed by atoms with E-state index in [0.717, 1.165) is 10.0 Å². The number of hydrogen-bond donors (Lipinski definition) is 2. The van der Waals surface area contributed by atoms with Crippen molar-refractivity contribution in [3.63, 3.8) is 0 Å². The lowest BCUT2D eigenvalue weighted by atomic mass is 10.1. The molecule has 1 aromatic carbocycles. The third-order valence-corrected chi connectivity index (χ3v) is 4.23. The van der Waals surface area contributed by atoms with Crippen molar-refractivity contribution < 1.29 is 13.8 Å². The summed E-state index contributed by atoms with van der Waals surface area (Å²) in [6, 6.07) is 8.45. The summed E-state index contributed by atoms with van der Waals surface area (Å²) in [7, 11) is 0.749. The van der Waals surface area contributed by atoms with Gasteiger partial charge in [0, 0.05) is 46.1 Å². The van der Waals surface area contributed by atoms with Gasteiger partial charge in [-0.05, 0) is 39.7 Å². The number of aromatic nitrogens is 1. The SMILES string of the molecule is Cn1cc(Br)cc1C(=O)NNC(=O)c1cccc(CS(C)=O)c1. The van der Waals surface area contributed by atoms with E-state index in [-0.39, 0.29) is 0 Å². The monoisotopic (exact) mass is 397 g/mol. The average Bonchev–Trinajstić information content (AvgIpc) is 2.83. The average molecular weight is 398 g/mol. The molecule has 122 valence electrons. The molecule has 6 nitrogen and oxygen atoms in total. The van der Waals surface area contributed by atoms with E-state index in [1.807, 2.05) is 0 Å². The van der Waals surface area contributed by atoms with Crippen molar-refractivity contribution >= 4 is 38.5 Å². The normalized spacial score (nSPS) is 11.8. The highest BCUT2D eigenvalue weighted by Gasteiger charge is 2.13. The van der Waals surface area contributed by atoms with Gasteiger partial charge in [-0.2, -0.15) is 0 Å². The molecule has 0 saturated carbocycles. The number of hydrazine groups is 1. The van der Waals surface area contributed by atoms with Crippen LogP contribution in [0.5, 0.6) is 0 Å². The summed E-state index contributed by atoms with van der Waals surface area (Å²) in [6.07, 6.45) is 3.34. The first-order chi connectivity index (χ1) is 10.9. The van der Waals surface area contributed by atoms with Gasteiger partial charge in [-0.3, -0.25) is 24.6 Å². The third-order valence-electron chi connectivity index (χ3n) is 3.05. The van der Waals surface area contributed by atoms with E-state index in [1.54, 1.807) is 54.4 Å². The molecule has 23 heavy (non-hydrogen) atoms. The first-order valence-corrected chi connectivity index (χ1v) is 9.20. The molecular formula is C15H16BrN3O3S. The predicted octanol–water partition coefficient (Wildman–Crippen LogP) is 1.74. The maximum absolute atomic E-state index is 12.1. The van der Waals surface area contributed by atoms with E-state index in [2.05, 4.69) is 26.8 Å². The number of benzene rings is 1. The van der Waals surface area contributed by atoms with Gasteiger partial charge in [-0.25, -0.2) is 0 Å². The summed E-state index contributed by atoms with van der Waals surface area (Å²) in [5.41, 5.74) is 6.34. The Balaban J connectivity index is 2.01. The van der Waals surface area contributed by atoms with Gasteiger partial charge >= 0.3 is 0 Å². The van der Waals surface area contributed by atoms with Crippen LogP contribution >= 0.6 is 15.9 Å². The van der Waals surface area contributed by atoms with Crippen LogP contribution in [0.3, 0.4) is 0 Å². The topological polar surface area (TPSA) is 80.2 Å². The van der Waals surface area contributed by atoms with Crippen molar-refractivity contribution in [2.45, 2.75) is 5.75 Å². The second-order valence-electron chi connectivity index (χ2n) is 4.98. The molecule has 1 unspecified atom stereocenters. The van der Waals surface area contributed by atoms with E-state index >= 15 is 0 Å². The molecule has 0 radical (unpaired) electrons. The van der Waals surface area contributed by atoms with Crippen molar-refractivity contribution in [3.05, 3.63) is 57.8 Å². The van der Waals surface area contributed by atoms with Crippen LogP contribution in [-0.4, -0.2) is 26.8 Å². The van der Waals surface area contributed by atoms with Crippen LogP contribution in [0.15, 0.2) is 41.0 Å². The Morgan fingerprint density at radius 2 is 1.91 bits per heavy atom. The van der Waals surface area contributed by atoms with Crippen LogP contribution in [0.1, 0.15) is 26.4 Å². The van der Waals surface area contributed by atoms with E-state index < -0.39 is 22.6 Å². The van der Waals surface area contributed by atoms with Gasteiger partial charge in [0.1, 0.15) is 5.69 Å². The van der Waals surface area contributed by atoms with Gasteiger partial charge in [0.05, 0.1) is 0 Å². The second-order valence-corrected chi connectivity index (χ2v) is 7.33. The zero-order valence-corrected chi connectivity index (χ0v) is 15.0. The molecule has 2 rings (SSSR count). The molecule has 2 aromatic rings. The van der Waals surface area contributed by atoms with Crippen molar-refractivity contribution in [3.8, 4) is 0 Å². The molecule has 2 N–H and O–H groups in total. The standard InChI is InChI=1S/C15H16BrN3O3S/c1-19-8-12(16)7-13(19)15(21)18-17-14(20)11-5-3-4-10(6-11)9-23(2)22/h3-8H,9H2,1-2H3,(H,17,20)(H,18,21). The Morgan fingerprint density at radius 1 is 1.22 bits per heavy atom. The van der Waals surface area contributed by atoms with Crippen LogP contribution in [0.2, 0.25) is 0 Å². The van der Waals surface area contributed by atoms with Crippen LogP contribution < -0.4 is 10.9 Å². The zero-order chi connectivity index (χ0) is 17.0. The minimum Gasteiger partial charge on any atom is -0.345 e. The van der Waals surface area contributed by atoms with E-state index in [0.29, 0.717) is 17.0 Å². The van der Waals surface area contributed by atoms with Crippen LogP contribution in [0.25, 0.3) is 0 Å². The fourth-order valence-electron chi connectivity index (χ4n) is 2.04. The number of amides is 2. The lowest BCUT2D eigenvalue weighted by molar-refractivity contribution is 0.0842. The Kier molecular flexibility index (Phi) is 5.73. The number of nitrogens with one attached hydrogen (secondary N) is 2. The van der Waals surface area contributed by atoms with Crippen molar-refractivity contribution in [2.75, 3.05) is 6.26 Å². The second kappa shape index (κ2) is 7.56. The number of halogens is 1. The largest absolute Gasteiger partial charge is 0.345 e. The summed E-state index contributed by atoms with van der Waals surface area (Å²) in [4.78, 5) is 24.1. The maximum atomic E-state index is 12.1. The molecule has 1 atom stereocenters. The molecule has 0 aliphatic heterocycles. The zero-order valence-electron chi connectivity index (χ0n) is 12.6. The number of hydrogen-bond acceptors (Lipinski definition) is 3. The lowest BCUT2D eigenvalue weighted by Gasteiger charge is -2.08. The summed E-state index contributed by atoms with van der Waals surface area (Å²) >= 11 is 3.28. The van der Waals surface area contributed by atoms with E-state index in [9.17, 15) is 13.8 Å². The smallest absolute Gasteiger partial charge is 0.286 e. The predicted molar refractivity (Wildman–Crippen MR) is 92.3 cm³/mol. The molecule has 2 amide bonds. The van der Waals surface area contributed by atoms with Gasteiger partial charge in [0.2, 0.25) is 0 Å². The minimum absolute atomic E-state index is 0.380. The van der Waals surface area contributed by atoms with Gasteiger partial charge in [0.15, 0.2) is 0 Å². The van der Waals surface area contributed by atoms with Crippen molar-refractivity contribution in [1.29, 1.82) is 0 Å². The highest BCUT2D eigenvalue weighted by atomic mass is 79.9. The molecule has 0 saturated heterocycles. The molecule has 0 spiro atoms. The molecule has 0 bridgehead atoms. The quantitative estimate of drug-likeness (QED) is 0.771. The first-order valence-electron chi connectivity index (χ1n) is 6.68. The Bertz CT molecular complexity index is 773. The Labute approximate surface area is 144 Å². The molecule has 0 aliphatic rings. The Hall–Kier alpha value is -1.93. The summed E-state index contributed by atoms with van der Waals surface area (Å²) < 4.78 is 13.7. The summed E-state index contributed by atoms with van der Waals surface area (Å²) in [6.45, 7) is 0. The van der Waals surface area contributed by atoms with E-state index in [1.165, 1.54) is 0 Å². The molecule has 8 heteroatoms. The van der Waals surface area contributed by atoms with Crippen molar-refractivity contribution in [2.24, 2.45) is 7.05 Å². The van der Waals surface area contributed by atoms with Gasteiger partial charge in [-0.15, -0.1) is 0 Å². The van der Waals surface area contributed by atoms with Gasteiger partial charge < -0.3 is 4.57 Å². The number of rotatable bonds is 4. The van der Waals surface area contributed by atoms with E-state index in [4.69, 9.17) is 0 Å². The van der Waals surface area contributed by atoms with Gasteiger partial charge in [-0.1, -0.05) is 12.1 Å². The minimum atomic E-state index is -0.983. The van der Waals surface area contributed by atoms with Crippen LogP contribution in [0.4, 0.5) is 0 Å². The number of carbonyl (C=O) groups excluding carboxylic acids is 2. The molecule has 0 aliphatic carbocycles. The Morgan fingerprint density at radius 3 is 2.52 bits per heavy atom. The summed E-state index contributed by atoms with van der Waals surface area (Å²) in [5, 5.41) is 0. The highest BCUT2D eigenvalue weighted by molar-refractivity contribution is 9.10. The number of carbonyl (C=O) groups is 2. The molecule has 0 fully saturated rings. The fourth-order valence-corrected chi connectivity index (χ4v) is 3.21.